The number of anilines is 3. The molecule has 2 unspecified atom stereocenters. The van der Waals surface area contributed by atoms with Gasteiger partial charge in [0.25, 0.3) is 0 Å². The molecular weight excluding hydrogens is 314 g/mol. The number of aliphatic hydroxyl groups is 1. The third-order valence-electron chi connectivity index (χ3n) is 3.93. The number of aliphatic carboxylic acids is 1. The number of rotatable bonds is 6. The molecule has 5 N–H and O–H groups in total. The zero-order valence-corrected chi connectivity index (χ0v) is 13.8. The summed E-state index contributed by atoms with van der Waals surface area (Å²) in [5.41, 5.74) is 6.42. The third kappa shape index (κ3) is 4.05. The Morgan fingerprint density at radius 3 is 2.83 bits per heavy atom. The number of carbonyl (C=O) groups excluding carboxylic acids is 1. The number of hydrogen-bond donors (Lipinski definition) is 4. The molecule has 1 amide bonds. The summed E-state index contributed by atoms with van der Waals surface area (Å²) in [6.45, 7) is 2.60. The standard InChI is InChI=1S/C15H23N5O4/c1-9(21)17-5-6-19(2)14-11(16)3-4-13(18-14)20-8-10(22)7-12(20)15(23)24/h3-4,10,12,22H,5-8,16H2,1-2H3,(H,17,21)(H,23,24). The summed E-state index contributed by atoms with van der Waals surface area (Å²) < 4.78 is 0. The van der Waals surface area contributed by atoms with Gasteiger partial charge in [0.2, 0.25) is 5.91 Å². The maximum absolute atomic E-state index is 11.4. The second kappa shape index (κ2) is 7.35. The minimum absolute atomic E-state index is 0.117. The van der Waals surface area contributed by atoms with E-state index in [1.807, 2.05) is 0 Å². The fourth-order valence-electron chi connectivity index (χ4n) is 2.72. The fourth-order valence-corrected chi connectivity index (χ4v) is 2.72. The molecule has 0 spiro atoms. The average molecular weight is 337 g/mol. The maximum atomic E-state index is 11.4. The van der Waals surface area contributed by atoms with Crippen molar-refractivity contribution in [3.05, 3.63) is 12.1 Å². The zero-order valence-electron chi connectivity index (χ0n) is 13.8. The van der Waals surface area contributed by atoms with Crippen LogP contribution in [0, 0.1) is 0 Å². The van der Waals surface area contributed by atoms with E-state index in [1.54, 1.807) is 29.0 Å². The van der Waals surface area contributed by atoms with Crippen LogP contribution < -0.4 is 20.9 Å². The lowest BCUT2D eigenvalue weighted by atomic mass is 10.2. The summed E-state index contributed by atoms with van der Waals surface area (Å²) in [5, 5.41) is 21.8. The van der Waals surface area contributed by atoms with Gasteiger partial charge in [0.1, 0.15) is 11.9 Å². The molecule has 1 aromatic heterocycles. The molecule has 2 rings (SSSR count). The highest BCUT2D eigenvalue weighted by atomic mass is 16.4. The van der Waals surface area contributed by atoms with Gasteiger partial charge in [-0.1, -0.05) is 0 Å². The van der Waals surface area contributed by atoms with E-state index in [0.29, 0.717) is 30.4 Å². The molecule has 1 saturated heterocycles. The van der Waals surface area contributed by atoms with E-state index < -0.39 is 18.1 Å². The Balaban J connectivity index is 2.18. The molecule has 0 saturated carbocycles. The van der Waals surface area contributed by atoms with Gasteiger partial charge in [-0.3, -0.25) is 4.79 Å². The van der Waals surface area contributed by atoms with Crippen molar-refractivity contribution >= 4 is 29.2 Å². The number of hydrogen-bond acceptors (Lipinski definition) is 7. The van der Waals surface area contributed by atoms with Crippen LogP contribution in [0.15, 0.2) is 12.1 Å². The van der Waals surface area contributed by atoms with Crippen molar-refractivity contribution in [2.24, 2.45) is 0 Å². The van der Waals surface area contributed by atoms with Crippen molar-refractivity contribution in [1.29, 1.82) is 0 Å². The van der Waals surface area contributed by atoms with Crippen LogP contribution in [0.4, 0.5) is 17.3 Å². The molecular formula is C15H23N5O4. The predicted octanol–water partition coefficient (Wildman–Crippen LogP) is -0.740. The number of likely N-dealkylation sites (N-methyl/N-ethyl adjacent to an activating group) is 1. The van der Waals surface area contributed by atoms with Gasteiger partial charge < -0.3 is 31.1 Å². The van der Waals surface area contributed by atoms with Gasteiger partial charge in [-0.15, -0.1) is 0 Å². The quantitative estimate of drug-likeness (QED) is 0.534. The number of aliphatic hydroxyl groups excluding tert-OH is 1. The van der Waals surface area contributed by atoms with Crippen LogP contribution in [-0.2, 0) is 9.59 Å². The van der Waals surface area contributed by atoms with Crippen LogP contribution in [-0.4, -0.2) is 65.9 Å². The molecule has 1 aliphatic rings. The van der Waals surface area contributed by atoms with E-state index in [1.165, 1.54) is 6.92 Å². The number of β-amino-alcohol motifs (C(OH)–C–C–N with tert-alkyl or cyclic N) is 1. The van der Waals surface area contributed by atoms with Gasteiger partial charge in [-0.05, 0) is 12.1 Å². The first-order chi connectivity index (χ1) is 11.3. The number of pyridine rings is 1. The van der Waals surface area contributed by atoms with Gasteiger partial charge in [0.15, 0.2) is 5.82 Å². The zero-order chi connectivity index (χ0) is 17.9. The fraction of sp³-hybridized carbons (Fsp3) is 0.533. The van der Waals surface area contributed by atoms with Gasteiger partial charge in [-0.25, -0.2) is 9.78 Å². The smallest absolute Gasteiger partial charge is 0.326 e. The topological polar surface area (TPSA) is 132 Å². The molecule has 9 heteroatoms. The second-order valence-corrected chi connectivity index (χ2v) is 5.88. The van der Waals surface area contributed by atoms with Crippen molar-refractivity contribution in [1.82, 2.24) is 10.3 Å². The van der Waals surface area contributed by atoms with Crippen LogP contribution in [0.25, 0.3) is 0 Å². The summed E-state index contributed by atoms with van der Waals surface area (Å²) in [6.07, 6.45) is -0.541. The summed E-state index contributed by atoms with van der Waals surface area (Å²) >= 11 is 0. The molecule has 1 aromatic rings. The van der Waals surface area contributed by atoms with E-state index in [-0.39, 0.29) is 18.9 Å². The van der Waals surface area contributed by atoms with Crippen molar-refractivity contribution in [3.63, 3.8) is 0 Å². The van der Waals surface area contributed by atoms with Crippen LogP contribution in [0.1, 0.15) is 13.3 Å². The summed E-state index contributed by atoms with van der Waals surface area (Å²) in [7, 11) is 1.79. The Morgan fingerprint density at radius 2 is 2.21 bits per heavy atom. The normalized spacial score (nSPS) is 20.0. The Hall–Kier alpha value is -2.55. The predicted molar refractivity (Wildman–Crippen MR) is 90.0 cm³/mol. The first-order valence-electron chi connectivity index (χ1n) is 7.69. The maximum Gasteiger partial charge on any atom is 0.326 e. The van der Waals surface area contributed by atoms with E-state index in [2.05, 4.69) is 10.3 Å². The van der Waals surface area contributed by atoms with E-state index >= 15 is 0 Å². The lowest BCUT2D eigenvalue weighted by Gasteiger charge is -2.25. The van der Waals surface area contributed by atoms with Crippen LogP contribution >= 0.6 is 0 Å². The number of amides is 1. The molecule has 2 heterocycles. The Labute approximate surface area is 140 Å². The molecule has 0 aromatic carbocycles. The highest BCUT2D eigenvalue weighted by Gasteiger charge is 2.37. The number of nitrogens with zero attached hydrogens (tertiary/aromatic N) is 3. The monoisotopic (exact) mass is 337 g/mol. The molecule has 0 aliphatic carbocycles. The lowest BCUT2D eigenvalue weighted by Crippen LogP contribution is -2.37. The van der Waals surface area contributed by atoms with Crippen LogP contribution in [0.5, 0.6) is 0 Å². The highest BCUT2D eigenvalue weighted by Crippen LogP contribution is 2.29. The van der Waals surface area contributed by atoms with Crippen molar-refractivity contribution in [3.8, 4) is 0 Å². The van der Waals surface area contributed by atoms with Gasteiger partial charge in [0, 0.05) is 40.0 Å². The number of carboxylic acid groups (broad SMARTS) is 1. The Kier molecular flexibility index (Phi) is 5.45. The molecule has 9 nitrogen and oxygen atoms in total. The van der Waals surface area contributed by atoms with Crippen molar-refractivity contribution in [2.75, 3.05) is 42.2 Å². The van der Waals surface area contributed by atoms with Crippen LogP contribution in [0.3, 0.4) is 0 Å². The van der Waals surface area contributed by atoms with E-state index in [9.17, 15) is 19.8 Å². The molecule has 132 valence electrons. The number of nitrogens with two attached hydrogens (primary N) is 1. The van der Waals surface area contributed by atoms with Gasteiger partial charge in [-0.2, -0.15) is 0 Å². The Bertz CT molecular complexity index is 624. The molecule has 1 fully saturated rings. The number of carboxylic acids is 1. The molecule has 0 bridgehead atoms. The minimum atomic E-state index is -0.995. The molecule has 0 radical (unpaired) electrons. The first kappa shape index (κ1) is 17.8. The van der Waals surface area contributed by atoms with Crippen LogP contribution in [0.2, 0.25) is 0 Å². The largest absolute Gasteiger partial charge is 0.480 e. The van der Waals surface area contributed by atoms with E-state index in [0.717, 1.165) is 0 Å². The average Bonchev–Trinajstić information content (AvgIpc) is 2.89. The number of carbonyl (C=O) groups is 2. The SMILES string of the molecule is CC(=O)NCCN(C)c1nc(N2CC(O)CC2C(=O)O)ccc1N. The molecule has 2 atom stereocenters. The van der Waals surface area contributed by atoms with Crippen molar-refractivity contribution in [2.45, 2.75) is 25.5 Å². The Morgan fingerprint density at radius 1 is 1.50 bits per heavy atom. The minimum Gasteiger partial charge on any atom is -0.480 e. The molecule has 1 aliphatic heterocycles. The summed E-state index contributed by atoms with van der Waals surface area (Å²) in [5.74, 6) is -0.155. The molecule has 24 heavy (non-hydrogen) atoms. The summed E-state index contributed by atoms with van der Waals surface area (Å²) in [6, 6.07) is 2.50. The summed E-state index contributed by atoms with van der Waals surface area (Å²) in [4.78, 5) is 30.1. The number of aromatic nitrogens is 1. The first-order valence-corrected chi connectivity index (χ1v) is 7.69. The third-order valence-corrected chi connectivity index (χ3v) is 3.93. The van der Waals surface area contributed by atoms with E-state index in [4.69, 9.17) is 5.73 Å². The second-order valence-electron chi connectivity index (χ2n) is 5.88. The number of nitrogen functional groups attached to an aromatic ring is 1. The van der Waals surface area contributed by atoms with Gasteiger partial charge in [0.05, 0.1) is 11.8 Å². The van der Waals surface area contributed by atoms with Gasteiger partial charge >= 0.3 is 5.97 Å². The lowest BCUT2D eigenvalue weighted by molar-refractivity contribution is -0.138. The van der Waals surface area contributed by atoms with Crippen molar-refractivity contribution < 1.29 is 19.8 Å². The number of nitrogens with one attached hydrogen (secondary N) is 1. The highest BCUT2D eigenvalue weighted by molar-refractivity contribution is 5.79.